The van der Waals surface area contributed by atoms with Crippen LogP contribution in [0, 0.1) is 11.7 Å². The molecule has 0 spiro atoms. The highest BCUT2D eigenvalue weighted by atomic mass is 19.1. The standard InChI is InChI=1S/C21H21FN4O2/c1-13-6-7-18-15(8-13)9-16-20(25-18)24-12-26(21(16)28)11-19(27)23-10-14-4-2-3-5-17(14)22/h2-5,9,12-13H,6-8,10-11H2,1H3,(H,23,27)/t13-/m0/s1. The lowest BCUT2D eigenvalue weighted by Gasteiger charge is -2.20. The molecule has 2 heterocycles. The van der Waals surface area contributed by atoms with Crippen molar-refractivity contribution >= 4 is 16.9 Å². The number of halogens is 1. The third-order valence-electron chi connectivity index (χ3n) is 5.17. The van der Waals surface area contributed by atoms with Crippen LogP contribution in [0.5, 0.6) is 0 Å². The number of carbonyl (C=O) groups excluding carboxylic acids is 1. The summed E-state index contributed by atoms with van der Waals surface area (Å²) in [6.45, 7) is 2.08. The van der Waals surface area contributed by atoms with Crippen molar-refractivity contribution in [3.8, 4) is 0 Å². The normalized spacial score (nSPS) is 16.0. The molecule has 2 aromatic heterocycles. The van der Waals surface area contributed by atoms with Crippen LogP contribution < -0.4 is 10.9 Å². The number of carbonyl (C=O) groups is 1. The molecule has 7 heteroatoms. The van der Waals surface area contributed by atoms with E-state index in [4.69, 9.17) is 0 Å². The van der Waals surface area contributed by atoms with Crippen LogP contribution in [0.1, 0.15) is 30.2 Å². The zero-order valence-electron chi connectivity index (χ0n) is 15.6. The SMILES string of the molecule is C[C@H]1CCc2nc3ncn(CC(=O)NCc4ccccc4F)c(=O)c3cc2C1. The van der Waals surface area contributed by atoms with E-state index in [-0.39, 0.29) is 30.4 Å². The highest BCUT2D eigenvalue weighted by Gasteiger charge is 2.19. The van der Waals surface area contributed by atoms with Crippen LogP contribution in [0.15, 0.2) is 41.5 Å². The minimum Gasteiger partial charge on any atom is -0.350 e. The maximum Gasteiger partial charge on any atom is 0.263 e. The van der Waals surface area contributed by atoms with Crippen LogP contribution in [-0.2, 0) is 30.7 Å². The molecule has 1 N–H and O–H groups in total. The lowest BCUT2D eigenvalue weighted by atomic mass is 9.87. The van der Waals surface area contributed by atoms with Crippen LogP contribution in [0.25, 0.3) is 11.0 Å². The zero-order chi connectivity index (χ0) is 19.7. The van der Waals surface area contributed by atoms with E-state index in [0.29, 0.717) is 22.5 Å². The molecular weight excluding hydrogens is 359 g/mol. The molecule has 144 valence electrons. The van der Waals surface area contributed by atoms with Crippen LogP contribution >= 0.6 is 0 Å². The molecule has 0 radical (unpaired) electrons. The first-order chi connectivity index (χ1) is 13.5. The van der Waals surface area contributed by atoms with Gasteiger partial charge in [-0.1, -0.05) is 25.1 Å². The van der Waals surface area contributed by atoms with E-state index < -0.39 is 0 Å². The monoisotopic (exact) mass is 380 g/mol. The van der Waals surface area contributed by atoms with Gasteiger partial charge >= 0.3 is 0 Å². The van der Waals surface area contributed by atoms with Gasteiger partial charge < -0.3 is 5.32 Å². The number of aromatic nitrogens is 3. The van der Waals surface area contributed by atoms with Crippen molar-refractivity contribution in [1.29, 1.82) is 0 Å². The second-order valence-corrected chi connectivity index (χ2v) is 7.36. The number of hydrogen-bond acceptors (Lipinski definition) is 4. The van der Waals surface area contributed by atoms with E-state index in [9.17, 15) is 14.0 Å². The van der Waals surface area contributed by atoms with Gasteiger partial charge in [-0.25, -0.2) is 14.4 Å². The Morgan fingerprint density at radius 2 is 2.18 bits per heavy atom. The first-order valence-electron chi connectivity index (χ1n) is 9.39. The Morgan fingerprint density at radius 3 is 3.00 bits per heavy atom. The molecule has 0 bridgehead atoms. The quantitative estimate of drug-likeness (QED) is 0.754. The minimum absolute atomic E-state index is 0.0637. The molecule has 4 rings (SSSR count). The van der Waals surface area contributed by atoms with Crippen molar-refractivity contribution in [1.82, 2.24) is 19.9 Å². The molecule has 1 aliphatic carbocycles. The number of pyridine rings is 1. The van der Waals surface area contributed by atoms with Crippen LogP contribution in [0.2, 0.25) is 0 Å². The number of nitrogens with one attached hydrogen (secondary N) is 1. The highest BCUT2D eigenvalue weighted by molar-refractivity contribution is 5.77. The number of amides is 1. The summed E-state index contributed by atoms with van der Waals surface area (Å²) in [5.74, 6) is -0.196. The van der Waals surface area contributed by atoms with Gasteiger partial charge in [0, 0.05) is 17.8 Å². The molecule has 28 heavy (non-hydrogen) atoms. The number of benzene rings is 1. The van der Waals surface area contributed by atoms with Crippen molar-refractivity contribution in [2.45, 2.75) is 39.3 Å². The van der Waals surface area contributed by atoms with E-state index in [2.05, 4.69) is 22.2 Å². The Morgan fingerprint density at radius 1 is 1.36 bits per heavy atom. The summed E-state index contributed by atoms with van der Waals surface area (Å²) in [5, 5.41) is 3.07. The van der Waals surface area contributed by atoms with Gasteiger partial charge in [-0.15, -0.1) is 0 Å². The number of aryl methyl sites for hydroxylation is 1. The predicted molar refractivity (Wildman–Crippen MR) is 103 cm³/mol. The number of fused-ring (bicyclic) bond motifs is 2. The molecule has 1 aliphatic rings. The zero-order valence-corrected chi connectivity index (χ0v) is 15.6. The Labute approximate surface area is 161 Å². The third kappa shape index (κ3) is 3.65. The summed E-state index contributed by atoms with van der Waals surface area (Å²) in [5.41, 5.74) is 2.62. The summed E-state index contributed by atoms with van der Waals surface area (Å²) >= 11 is 0. The first kappa shape index (κ1) is 18.3. The molecular formula is C21H21FN4O2. The minimum atomic E-state index is -0.383. The summed E-state index contributed by atoms with van der Waals surface area (Å²) in [7, 11) is 0. The van der Waals surface area contributed by atoms with Crippen molar-refractivity contribution in [3.05, 3.63) is 69.7 Å². The predicted octanol–water partition coefficient (Wildman–Crippen LogP) is 2.37. The number of hydrogen-bond donors (Lipinski definition) is 1. The van der Waals surface area contributed by atoms with Gasteiger partial charge in [0.15, 0.2) is 5.65 Å². The van der Waals surface area contributed by atoms with Crippen molar-refractivity contribution in [3.63, 3.8) is 0 Å². The van der Waals surface area contributed by atoms with E-state index >= 15 is 0 Å². The molecule has 0 unspecified atom stereocenters. The molecule has 1 amide bonds. The fourth-order valence-corrected chi connectivity index (χ4v) is 3.58. The van der Waals surface area contributed by atoms with Gasteiger partial charge in [-0.2, -0.15) is 0 Å². The summed E-state index contributed by atoms with van der Waals surface area (Å²) < 4.78 is 14.9. The third-order valence-corrected chi connectivity index (χ3v) is 5.17. The maximum absolute atomic E-state index is 13.6. The van der Waals surface area contributed by atoms with Gasteiger partial charge in [-0.3, -0.25) is 14.2 Å². The number of nitrogens with zero attached hydrogens (tertiary/aromatic N) is 3. The largest absolute Gasteiger partial charge is 0.350 e. The van der Waals surface area contributed by atoms with Gasteiger partial charge in [0.25, 0.3) is 5.56 Å². The Kier molecular flexibility index (Phi) is 4.90. The molecule has 0 aliphatic heterocycles. The average Bonchev–Trinajstić information content (AvgIpc) is 2.68. The molecule has 3 aromatic rings. The Balaban J connectivity index is 1.54. The van der Waals surface area contributed by atoms with E-state index in [1.165, 1.54) is 17.0 Å². The first-order valence-corrected chi connectivity index (χ1v) is 9.39. The van der Waals surface area contributed by atoms with Gasteiger partial charge in [-0.05, 0) is 42.9 Å². The Hall–Kier alpha value is -3.09. The summed E-state index contributed by atoms with van der Waals surface area (Å²) in [6, 6.07) is 8.12. The van der Waals surface area contributed by atoms with E-state index in [0.717, 1.165) is 30.5 Å². The summed E-state index contributed by atoms with van der Waals surface area (Å²) in [4.78, 5) is 33.8. The highest BCUT2D eigenvalue weighted by Crippen LogP contribution is 2.25. The topological polar surface area (TPSA) is 76.9 Å². The van der Waals surface area contributed by atoms with Crippen LogP contribution in [0.3, 0.4) is 0 Å². The lowest BCUT2D eigenvalue weighted by molar-refractivity contribution is -0.121. The number of rotatable bonds is 4. The average molecular weight is 380 g/mol. The van der Waals surface area contributed by atoms with E-state index in [1.807, 2.05) is 6.07 Å². The van der Waals surface area contributed by atoms with Crippen LogP contribution in [0.4, 0.5) is 4.39 Å². The molecule has 6 nitrogen and oxygen atoms in total. The molecule has 0 fully saturated rings. The van der Waals surface area contributed by atoms with Crippen molar-refractivity contribution < 1.29 is 9.18 Å². The van der Waals surface area contributed by atoms with Gasteiger partial charge in [0.05, 0.1) is 5.39 Å². The fraction of sp³-hybridized carbons (Fsp3) is 0.333. The lowest BCUT2D eigenvalue weighted by Crippen LogP contribution is -2.32. The Bertz CT molecular complexity index is 1110. The molecule has 0 saturated heterocycles. The smallest absolute Gasteiger partial charge is 0.263 e. The molecule has 0 saturated carbocycles. The summed E-state index contributed by atoms with van der Waals surface area (Å²) in [6.07, 6.45) is 4.23. The fourth-order valence-electron chi connectivity index (χ4n) is 3.58. The van der Waals surface area contributed by atoms with Gasteiger partial charge in [0.1, 0.15) is 18.7 Å². The van der Waals surface area contributed by atoms with Crippen LogP contribution in [-0.4, -0.2) is 20.4 Å². The maximum atomic E-state index is 13.6. The molecule has 1 atom stereocenters. The second kappa shape index (κ2) is 7.50. The molecule has 1 aromatic carbocycles. The van der Waals surface area contributed by atoms with Gasteiger partial charge in [0.2, 0.25) is 5.91 Å². The van der Waals surface area contributed by atoms with Crippen molar-refractivity contribution in [2.75, 3.05) is 0 Å². The second-order valence-electron chi connectivity index (χ2n) is 7.36. The van der Waals surface area contributed by atoms with E-state index in [1.54, 1.807) is 18.2 Å². The van der Waals surface area contributed by atoms with Crippen molar-refractivity contribution in [2.24, 2.45) is 5.92 Å².